The highest BCUT2D eigenvalue weighted by Crippen LogP contribution is 2.19. The Balaban J connectivity index is 0.00000420. The lowest BCUT2D eigenvalue weighted by Gasteiger charge is -2.33. The smallest absolute Gasteiger partial charge is 0.191 e. The number of aryl methyl sites for hydroxylation is 1. The third-order valence-electron chi connectivity index (χ3n) is 5.01. The molecule has 0 bridgehead atoms. The molecule has 0 radical (unpaired) electrons. The molecule has 7 heteroatoms. The van der Waals surface area contributed by atoms with Crippen molar-refractivity contribution >= 4 is 29.9 Å². The van der Waals surface area contributed by atoms with Gasteiger partial charge in [0.1, 0.15) is 5.75 Å². The van der Waals surface area contributed by atoms with Gasteiger partial charge < -0.3 is 25.0 Å². The first-order valence-corrected chi connectivity index (χ1v) is 10.5. The van der Waals surface area contributed by atoms with Crippen molar-refractivity contribution in [3.8, 4) is 5.75 Å². The highest BCUT2D eigenvalue weighted by atomic mass is 127. The minimum atomic E-state index is 0. The molecular formula is C22H39IN4O2. The number of nitrogens with one attached hydrogen (secondary N) is 2. The molecule has 1 aliphatic heterocycles. The van der Waals surface area contributed by atoms with Gasteiger partial charge in [0.2, 0.25) is 0 Å². The molecule has 1 heterocycles. The second kappa shape index (κ2) is 14.0. The number of rotatable bonds is 9. The van der Waals surface area contributed by atoms with E-state index >= 15 is 0 Å². The van der Waals surface area contributed by atoms with Crippen LogP contribution >= 0.6 is 24.0 Å². The molecule has 0 spiro atoms. The summed E-state index contributed by atoms with van der Waals surface area (Å²) in [5.41, 5.74) is 2.39. The maximum absolute atomic E-state index is 5.66. The van der Waals surface area contributed by atoms with Gasteiger partial charge in [-0.3, -0.25) is 4.99 Å². The molecule has 166 valence electrons. The van der Waals surface area contributed by atoms with E-state index in [1.807, 2.05) is 20.0 Å². The fourth-order valence-electron chi connectivity index (χ4n) is 3.43. The van der Waals surface area contributed by atoms with Crippen LogP contribution in [0.1, 0.15) is 44.7 Å². The summed E-state index contributed by atoms with van der Waals surface area (Å²) in [6.07, 6.45) is 2.57. The van der Waals surface area contributed by atoms with Crippen molar-refractivity contribution in [3.05, 3.63) is 29.3 Å². The van der Waals surface area contributed by atoms with Crippen LogP contribution in [0.3, 0.4) is 0 Å². The highest BCUT2D eigenvalue weighted by molar-refractivity contribution is 14.0. The monoisotopic (exact) mass is 518 g/mol. The van der Waals surface area contributed by atoms with Gasteiger partial charge in [-0.2, -0.15) is 0 Å². The quantitative estimate of drug-likeness (QED) is 0.298. The summed E-state index contributed by atoms with van der Waals surface area (Å²) in [5.74, 6) is 1.83. The zero-order valence-corrected chi connectivity index (χ0v) is 21.0. The second-order valence-electron chi connectivity index (χ2n) is 7.64. The van der Waals surface area contributed by atoms with Gasteiger partial charge in [-0.25, -0.2) is 0 Å². The molecule has 6 nitrogen and oxygen atoms in total. The normalized spacial score (nSPS) is 15.9. The van der Waals surface area contributed by atoms with Gasteiger partial charge in [0.25, 0.3) is 0 Å². The Hall–Kier alpha value is -1.06. The molecule has 1 aromatic carbocycles. The first-order chi connectivity index (χ1) is 13.5. The first-order valence-electron chi connectivity index (χ1n) is 10.5. The first kappa shape index (κ1) is 26.0. The fraction of sp³-hybridized carbons (Fsp3) is 0.682. The van der Waals surface area contributed by atoms with Gasteiger partial charge in [0.05, 0.1) is 19.3 Å². The van der Waals surface area contributed by atoms with Gasteiger partial charge in [0.15, 0.2) is 5.96 Å². The number of guanidine groups is 1. The van der Waals surface area contributed by atoms with Crippen molar-refractivity contribution in [2.45, 2.75) is 59.2 Å². The number of nitrogens with zero attached hydrogens (tertiary/aromatic N) is 2. The Kier molecular flexibility index (Phi) is 12.6. The number of piperidine rings is 1. The van der Waals surface area contributed by atoms with Crippen LogP contribution in [0.2, 0.25) is 0 Å². The predicted octanol–water partition coefficient (Wildman–Crippen LogP) is 3.57. The molecule has 0 atom stereocenters. The molecule has 0 unspecified atom stereocenters. The Morgan fingerprint density at radius 3 is 2.59 bits per heavy atom. The Bertz CT molecular complexity index is 617. The van der Waals surface area contributed by atoms with E-state index in [9.17, 15) is 0 Å². The SMILES string of the molecule is CCOc1ccc(CNC(=NC)NC2CCN(CCOC(C)C)CC2)cc1C.I. The summed E-state index contributed by atoms with van der Waals surface area (Å²) in [5, 5.41) is 7.01. The number of ether oxygens (including phenoxy) is 2. The van der Waals surface area contributed by atoms with Gasteiger partial charge >= 0.3 is 0 Å². The summed E-state index contributed by atoms with van der Waals surface area (Å²) in [6.45, 7) is 13.8. The van der Waals surface area contributed by atoms with Crippen molar-refractivity contribution in [2.75, 3.05) is 39.9 Å². The van der Waals surface area contributed by atoms with E-state index in [4.69, 9.17) is 9.47 Å². The zero-order valence-electron chi connectivity index (χ0n) is 18.7. The van der Waals surface area contributed by atoms with Crippen LogP contribution in [0.15, 0.2) is 23.2 Å². The topological polar surface area (TPSA) is 58.1 Å². The molecule has 29 heavy (non-hydrogen) atoms. The van der Waals surface area contributed by atoms with Crippen molar-refractivity contribution in [1.29, 1.82) is 0 Å². The van der Waals surface area contributed by atoms with Crippen LogP contribution in [0.4, 0.5) is 0 Å². The van der Waals surface area contributed by atoms with Crippen LogP contribution in [0.5, 0.6) is 5.75 Å². The molecule has 2 rings (SSSR count). The average Bonchev–Trinajstić information content (AvgIpc) is 2.68. The largest absolute Gasteiger partial charge is 0.494 e. The maximum atomic E-state index is 5.66. The molecule has 0 aliphatic carbocycles. The summed E-state index contributed by atoms with van der Waals surface area (Å²) >= 11 is 0. The lowest BCUT2D eigenvalue weighted by atomic mass is 10.1. The molecule has 0 aromatic heterocycles. The van der Waals surface area contributed by atoms with E-state index in [2.05, 4.69) is 53.4 Å². The van der Waals surface area contributed by atoms with E-state index in [-0.39, 0.29) is 24.0 Å². The zero-order chi connectivity index (χ0) is 20.4. The van der Waals surface area contributed by atoms with Gasteiger partial charge in [-0.1, -0.05) is 12.1 Å². The highest BCUT2D eigenvalue weighted by Gasteiger charge is 2.19. The number of likely N-dealkylation sites (tertiary alicyclic amines) is 1. The summed E-state index contributed by atoms with van der Waals surface area (Å²) in [4.78, 5) is 6.88. The summed E-state index contributed by atoms with van der Waals surface area (Å²) < 4.78 is 11.3. The Labute approximate surface area is 193 Å². The molecule has 0 amide bonds. The van der Waals surface area contributed by atoms with Crippen LogP contribution in [0, 0.1) is 6.92 Å². The van der Waals surface area contributed by atoms with Crippen molar-refractivity contribution in [2.24, 2.45) is 4.99 Å². The predicted molar refractivity (Wildman–Crippen MR) is 132 cm³/mol. The molecule has 2 N–H and O–H groups in total. The number of aliphatic imine (C=N–C) groups is 1. The molecule has 1 saturated heterocycles. The van der Waals surface area contributed by atoms with E-state index in [0.29, 0.717) is 18.8 Å². The number of benzene rings is 1. The minimum Gasteiger partial charge on any atom is -0.494 e. The fourth-order valence-corrected chi connectivity index (χ4v) is 3.43. The van der Waals surface area contributed by atoms with E-state index < -0.39 is 0 Å². The lowest BCUT2D eigenvalue weighted by Crippen LogP contribution is -2.49. The van der Waals surface area contributed by atoms with Crippen molar-refractivity contribution in [1.82, 2.24) is 15.5 Å². The van der Waals surface area contributed by atoms with Gasteiger partial charge in [0, 0.05) is 39.3 Å². The molecule has 1 fully saturated rings. The van der Waals surface area contributed by atoms with E-state index in [1.165, 1.54) is 5.56 Å². The number of halogens is 1. The molecule has 0 saturated carbocycles. The van der Waals surface area contributed by atoms with E-state index in [0.717, 1.165) is 62.9 Å². The lowest BCUT2D eigenvalue weighted by molar-refractivity contribution is 0.0532. The minimum absolute atomic E-state index is 0. The second-order valence-corrected chi connectivity index (χ2v) is 7.64. The number of hydrogen-bond acceptors (Lipinski definition) is 4. The van der Waals surface area contributed by atoms with Crippen LogP contribution in [-0.4, -0.2) is 62.9 Å². The standard InChI is InChI=1S/C22H38N4O2.HI/c1-6-27-21-8-7-19(15-18(21)4)16-24-22(23-5)25-20-9-11-26(12-10-20)13-14-28-17(2)3;/h7-8,15,17,20H,6,9-14,16H2,1-5H3,(H2,23,24,25);1H. The van der Waals surface area contributed by atoms with Gasteiger partial charge in [-0.05, 0) is 57.7 Å². The van der Waals surface area contributed by atoms with Crippen LogP contribution in [0.25, 0.3) is 0 Å². The van der Waals surface area contributed by atoms with Crippen molar-refractivity contribution in [3.63, 3.8) is 0 Å². The third kappa shape index (κ3) is 9.53. The molecule has 1 aliphatic rings. The van der Waals surface area contributed by atoms with E-state index in [1.54, 1.807) is 0 Å². The molecule has 1 aromatic rings. The van der Waals surface area contributed by atoms with Crippen molar-refractivity contribution < 1.29 is 9.47 Å². The average molecular weight is 518 g/mol. The Morgan fingerprint density at radius 1 is 1.28 bits per heavy atom. The Morgan fingerprint density at radius 2 is 2.00 bits per heavy atom. The van der Waals surface area contributed by atoms with Crippen LogP contribution < -0.4 is 15.4 Å². The summed E-state index contributed by atoms with van der Waals surface area (Å²) in [7, 11) is 1.83. The maximum Gasteiger partial charge on any atom is 0.191 e. The van der Waals surface area contributed by atoms with Gasteiger partial charge in [-0.15, -0.1) is 24.0 Å². The number of hydrogen-bond donors (Lipinski definition) is 2. The molecular weight excluding hydrogens is 479 g/mol. The summed E-state index contributed by atoms with van der Waals surface area (Å²) in [6, 6.07) is 6.79. The van der Waals surface area contributed by atoms with Crippen LogP contribution in [-0.2, 0) is 11.3 Å². The third-order valence-corrected chi connectivity index (χ3v) is 5.01.